The topological polar surface area (TPSA) is 0 Å². The summed E-state index contributed by atoms with van der Waals surface area (Å²) in [5.41, 5.74) is 10.0. The van der Waals surface area contributed by atoms with Crippen LogP contribution in [0.15, 0.2) is 45.6 Å². The fourth-order valence-electron chi connectivity index (χ4n) is 3.96. The van der Waals surface area contributed by atoms with Crippen molar-refractivity contribution in [2.45, 2.75) is 80.1 Å². The van der Waals surface area contributed by atoms with E-state index < -0.39 is 0 Å². The smallest absolute Gasteiger partial charge is 0.00820 e. The number of hydrogen-bond donors (Lipinski definition) is 0. The first-order valence-electron chi connectivity index (χ1n) is 8.81. The molecule has 21 heavy (non-hydrogen) atoms. The first kappa shape index (κ1) is 16.3. The highest BCUT2D eigenvalue weighted by molar-refractivity contribution is 5.50. The van der Waals surface area contributed by atoms with Crippen molar-refractivity contribution in [1.82, 2.24) is 0 Å². The van der Waals surface area contributed by atoms with E-state index in [0.717, 1.165) is 0 Å². The minimum atomic E-state index is 0.220. The Morgan fingerprint density at radius 2 is 1.10 bits per heavy atom. The second-order valence-corrected chi connectivity index (χ2v) is 7.01. The molecular formula is C21H32. The van der Waals surface area contributed by atoms with Crippen LogP contribution in [0.2, 0.25) is 0 Å². The second kappa shape index (κ2) is 6.38. The molecule has 0 spiro atoms. The molecule has 0 amide bonds. The van der Waals surface area contributed by atoms with E-state index in [1.807, 2.05) is 0 Å². The average Bonchev–Trinajstić information content (AvgIpc) is 3.10. The van der Waals surface area contributed by atoms with Crippen LogP contribution >= 0.6 is 0 Å². The van der Waals surface area contributed by atoms with Gasteiger partial charge in [-0.1, -0.05) is 76.0 Å². The molecule has 0 saturated heterocycles. The summed E-state index contributed by atoms with van der Waals surface area (Å²) in [6.45, 7) is 14.1. The largest absolute Gasteiger partial charge is 0.0661 e. The van der Waals surface area contributed by atoms with Crippen molar-refractivity contribution in [2.24, 2.45) is 5.41 Å². The lowest BCUT2D eigenvalue weighted by Crippen LogP contribution is -2.19. The minimum Gasteiger partial charge on any atom is -0.0661 e. The lowest BCUT2D eigenvalue weighted by molar-refractivity contribution is 0.505. The normalized spacial score (nSPS) is 19.5. The molecule has 2 rings (SSSR count). The summed E-state index contributed by atoms with van der Waals surface area (Å²) in [6, 6.07) is 0. The summed E-state index contributed by atoms with van der Waals surface area (Å²) in [5.74, 6) is 0. The third-order valence-electron chi connectivity index (χ3n) is 5.52. The molecule has 116 valence electrons. The van der Waals surface area contributed by atoms with Gasteiger partial charge in [0.1, 0.15) is 0 Å². The summed E-state index contributed by atoms with van der Waals surface area (Å²) in [7, 11) is 0. The van der Waals surface area contributed by atoms with Gasteiger partial charge in [-0.05, 0) is 49.7 Å². The van der Waals surface area contributed by atoms with E-state index in [2.05, 4.69) is 53.7 Å². The molecule has 0 heterocycles. The monoisotopic (exact) mass is 284 g/mol. The zero-order valence-corrected chi connectivity index (χ0v) is 14.9. The zero-order chi connectivity index (χ0) is 15.6. The molecule has 0 aromatic rings. The Morgan fingerprint density at radius 1 is 0.714 bits per heavy atom. The van der Waals surface area contributed by atoms with E-state index in [1.54, 1.807) is 33.4 Å². The van der Waals surface area contributed by atoms with E-state index in [4.69, 9.17) is 0 Å². The lowest BCUT2D eigenvalue weighted by Gasteiger charge is -2.32. The maximum absolute atomic E-state index is 2.48. The lowest BCUT2D eigenvalue weighted by atomic mass is 9.72. The van der Waals surface area contributed by atoms with E-state index >= 15 is 0 Å². The Balaban J connectivity index is 2.36. The van der Waals surface area contributed by atoms with Crippen molar-refractivity contribution in [2.75, 3.05) is 0 Å². The molecule has 0 unspecified atom stereocenters. The molecule has 0 radical (unpaired) electrons. The Hall–Kier alpha value is -1.04. The van der Waals surface area contributed by atoms with E-state index in [-0.39, 0.29) is 5.41 Å². The van der Waals surface area contributed by atoms with Gasteiger partial charge in [-0.2, -0.15) is 0 Å². The molecule has 0 N–H and O–H groups in total. The summed E-state index contributed by atoms with van der Waals surface area (Å²) >= 11 is 0. The molecule has 0 atom stereocenters. The van der Waals surface area contributed by atoms with Gasteiger partial charge in [0.25, 0.3) is 0 Å². The third kappa shape index (κ3) is 2.96. The van der Waals surface area contributed by atoms with Crippen molar-refractivity contribution in [3.05, 3.63) is 45.6 Å². The molecule has 0 aromatic carbocycles. The first-order valence-corrected chi connectivity index (χ1v) is 8.81. The fourth-order valence-corrected chi connectivity index (χ4v) is 3.96. The average molecular weight is 284 g/mol. The van der Waals surface area contributed by atoms with Crippen molar-refractivity contribution >= 4 is 0 Å². The van der Waals surface area contributed by atoms with E-state index in [1.165, 1.54) is 38.5 Å². The van der Waals surface area contributed by atoms with Crippen molar-refractivity contribution in [1.29, 1.82) is 0 Å². The second-order valence-electron chi connectivity index (χ2n) is 7.01. The van der Waals surface area contributed by atoms with Gasteiger partial charge in [0.2, 0.25) is 0 Å². The highest BCUT2D eigenvalue weighted by Crippen LogP contribution is 2.50. The fraction of sp³-hybridized carbons (Fsp3) is 0.619. The molecule has 0 aromatic heterocycles. The van der Waals surface area contributed by atoms with E-state index in [9.17, 15) is 0 Å². The Kier molecular flexibility index (Phi) is 4.96. The third-order valence-corrected chi connectivity index (χ3v) is 5.52. The first-order chi connectivity index (χ1) is 9.97. The quantitative estimate of drug-likeness (QED) is 0.497. The molecule has 0 saturated carbocycles. The van der Waals surface area contributed by atoms with Gasteiger partial charge in [-0.3, -0.25) is 0 Å². The molecular weight excluding hydrogens is 252 g/mol. The summed E-state index contributed by atoms with van der Waals surface area (Å²) < 4.78 is 0. The Bertz CT molecular complexity index is 484. The van der Waals surface area contributed by atoms with Crippen LogP contribution in [-0.4, -0.2) is 0 Å². The van der Waals surface area contributed by atoms with Crippen LogP contribution < -0.4 is 0 Å². The van der Waals surface area contributed by atoms with Gasteiger partial charge < -0.3 is 0 Å². The maximum atomic E-state index is 2.48. The van der Waals surface area contributed by atoms with Crippen LogP contribution in [0.5, 0.6) is 0 Å². The molecule has 0 nitrogen and oxygen atoms in total. The number of hydrogen-bond acceptors (Lipinski definition) is 0. The highest BCUT2D eigenvalue weighted by Gasteiger charge is 2.35. The van der Waals surface area contributed by atoms with Gasteiger partial charge in [-0.15, -0.1) is 0 Å². The van der Waals surface area contributed by atoms with Gasteiger partial charge in [0, 0.05) is 5.41 Å². The van der Waals surface area contributed by atoms with Crippen LogP contribution in [0.1, 0.15) is 80.1 Å². The summed E-state index contributed by atoms with van der Waals surface area (Å²) in [4.78, 5) is 0. The van der Waals surface area contributed by atoms with Crippen LogP contribution in [0, 0.1) is 5.41 Å². The van der Waals surface area contributed by atoms with Crippen molar-refractivity contribution < 1.29 is 0 Å². The summed E-state index contributed by atoms with van der Waals surface area (Å²) in [6.07, 6.45) is 12.1. The minimum absolute atomic E-state index is 0.220. The Labute approximate surface area is 131 Å². The van der Waals surface area contributed by atoms with Gasteiger partial charge in [-0.25, -0.2) is 0 Å². The van der Waals surface area contributed by atoms with Crippen LogP contribution in [0.3, 0.4) is 0 Å². The van der Waals surface area contributed by atoms with Crippen molar-refractivity contribution in [3.8, 4) is 0 Å². The van der Waals surface area contributed by atoms with Gasteiger partial charge in [0.05, 0.1) is 0 Å². The molecule has 2 aliphatic rings. The highest BCUT2D eigenvalue weighted by atomic mass is 14.4. The standard InChI is InChI=1S/C21H32/c1-7-15-11-17(9-3)19(13-15)21(5,6)20-14-16(8-2)12-18(20)10-4/h11-12H,7-10,13-14H2,1-6H3. The van der Waals surface area contributed by atoms with E-state index in [0.29, 0.717) is 0 Å². The Morgan fingerprint density at radius 3 is 1.38 bits per heavy atom. The van der Waals surface area contributed by atoms with Gasteiger partial charge >= 0.3 is 0 Å². The van der Waals surface area contributed by atoms with Gasteiger partial charge in [0.15, 0.2) is 0 Å². The molecule has 0 fully saturated rings. The number of rotatable bonds is 6. The van der Waals surface area contributed by atoms with Crippen molar-refractivity contribution in [3.63, 3.8) is 0 Å². The number of allylic oxidation sites excluding steroid dienone is 8. The molecule has 0 heteroatoms. The predicted octanol–water partition coefficient (Wildman–Crippen LogP) is 6.91. The molecule has 2 aliphatic carbocycles. The summed E-state index contributed by atoms with van der Waals surface area (Å²) in [5, 5.41) is 0. The SMILES string of the molecule is CCC1=CC(CC)=C(C(C)(C)C2=C(CC)C=C(CC)C2)C1. The molecule has 0 bridgehead atoms. The van der Waals surface area contributed by atoms with Crippen LogP contribution in [0.25, 0.3) is 0 Å². The predicted molar refractivity (Wildman–Crippen MR) is 94.4 cm³/mol. The molecule has 0 aliphatic heterocycles. The van der Waals surface area contributed by atoms with Crippen LogP contribution in [0.4, 0.5) is 0 Å². The zero-order valence-electron chi connectivity index (χ0n) is 14.9. The maximum Gasteiger partial charge on any atom is 0.00820 e. The van der Waals surface area contributed by atoms with Crippen LogP contribution in [-0.2, 0) is 0 Å².